The molecule has 0 saturated heterocycles. The van der Waals surface area contributed by atoms with Crippen LogP contribution in [0.5, 0.6) is 11.5 Å². The first-order chi connectivity index (χ1) is 14.6. The summed E-state index contributed by atoms with van der Waals surface area (Å²) < 4.78 is 5.33. The Labute approximate surface area is 187 Å². The summed E-state index contributed by atoms with van der Waals surface area (Å²) >= 11 is 6.31. The van der Waals surface area contributed by atoms with Gasteiger partial charge < -0.3 is 14.9 Å². The van der Waals surface area contributed by atoms with Gasteiger partial charge in [0.2, 0.25) is 0 Å². The van der Waals surface area contributed by atoms with Crippen LogP contribution >= 0.6 is 11.6 Å². The number of Topliss-reactive ketones (excluding diaryl/α,β-unsaturated/α-hetero) is 1. The highest BCUT2D eigenvalue weighted by Gasteiger charge is 2.31. The van der Waals surface area contributed by atoms with Gasteiger partial charge in [0.15, 0.2) is 12.9 Å². The second-order valence-electron chi connectivity index (χ2n) is 8.17. The minimum atomic E-state index is -1.18. The Kier molecular flexibility index (Phi) is 8.45. The van der Waals surface area contributed by atoms with E-state index in [1.165, 1.54) is 0 Å². The van der Waals surface area contributed by atoms with Gasteiger partial charge in [0, 0.05) is 17.9 Å². The Hall–Kier alpha value is -2.60. The van der Waals surface area contributed by atoms with Crippen LogP contribution in [-0.2, 0) is 16.0 Å². The number of aldehydes is 1. The number of aromatic hydroxyl groups is 1. The van der Waals surface area contributed by atoms with Crippen molar-refractivity contribution >= 4 is 29.6 Å². The molecule has 0 heterocycles. The van der Waals surface area contributed by atoms with Crippen LogP contribution in [0.2, 0.25) is 5.02 Å². The van der Waals surface area contributed by atoms with Crippen LogP contribution in [0.4, 0.5) is 0 Å². The first-order valence-electron chi connectivity index (χ1n) is 10.3. The van der Waals surface area contributed by atoms with Gasteiger partial charge in [0.05, 0.1) is 10.6 Å². The number of carboxylic acids is 1. The second-order valence-corrected chi connectivity index (χ2v) is 8.55. The molecule has 3 atom stereocenters. The summed E-state index contributed by atoms with van der Waals surface area (Å²) in [6.07, 6.45) is 8.05. The third-order valence-corrected chi connectivity index (χ3v) is 6.46. The van der Waals surface area contributed by atoms with Crippen molar-refractivity contribution in [2.75, 3.05) is 6.61 Å². The number of hydrogen-bond donors (Lipinski definition) is 2. The summed E-state index contributed by atoms with van der Waals surface area (Å²) in [6.45, 7) is 6.93. The number of carbonyl (C=O) groups is 3. The van der Waals surface area contributed by atoms with Gasteiger partial charge in [-0.3, -0.25) is 9.59 Å². The number of benzene rings is 1. The van der Waals surface area contributed by atoms with Crippen molar-refractivity contribution in [2.45, 2.75) is 47.0 Å². The van der Waals surface area contributed by atoms with Gasteiger partial charge in [0.1, 0.15) is 17.3 Å². The summed E-state index contributed by atoms with van der Waals surface area (Å²) in [5, 5.41) is 19.6. The van der Waals surface area contributed by atoms with Gasteiger partial charge in [-0.15, -0.1) is 0 Å². The molecule has 2 N–H and O–H groups in total. The summed E-state index contributed by atoms with van der Waals surface area (Å²) in [4.78, 5) is 34.4. The minimum Gasteiger partial charge on any atom is -0.507 e. The van der Waals surface area contributed by atoms with E-state index in [1.807, 2.05) is 26.0 Å². The second kappa shape index (κ2) is 10.6. The van der Waals surface area contributed by atoms with Crippen molar-refractivity contribution in [1.29, 1.82) is 0 Å². The molecule has 3 unspecified atom stereocenters. The molecular formula is C24H29ClO6. The fraction of sp³-hybridized carbons (Fsp3) is 0.458. The molecule has 1 saturated carbocycles. The average molecular weight is 449 g/mol. The Morgan fingerprint density at radius 1 is 1.32 bits per heavy atom. The number of rotatable bonds is 8. The lowest BCUT2D eigenvalue weighted by Gasteiger charge is -2.31. The number of allylic oxidation sites excluding steroid dienone is 4. The maximum atomic E-state index is 12.0. The van der Waals surface area contributed by atoms with Crippen LogP contribution in [-0.4, -0.2) is 34.9 Å². The maximum absolute atomic E-state index is 12.0. The maximum Gasteiger partial charge on any atom is 0.341 e. The van der Waals surface area contributed by atoms with Crippen molar-refractivity contribution < 1.29 is 29.3 Å². The Balaban J connectivity index is 2.32. The SMILES string of the molecule is CC(=C/Cc1c(O)c(C=O)c(C)c(Cl)c1OCC(=O)O)/C=C/C1C(C)CCC(=O)C1C. The molecule has 1 aromatic rings. The molecule has 0 aliphatic heterocycles. The molecule has 1 fully saturated rings. The predicted molar refractivity (Wildman–Crippen MR) is 119 cm³/mol. The lowest BCUT2D eigenvalue weighted by molar-refractivity contribution is -0.139. The van der Waals surface area contributed by atoms with E-state index in [9.17, 15) is 19.5 Å². The lowest BCUT2D eigenvalue weighted by atomic mass is 9.72. The third kappa shape index (κ3) is 5.76. The van der Waals surface area contributed by atoms with Crippen molar-refractivity contribution in [3.8, 4) is 11.5 Å². The van der Waals surface area contributed by atoms with Gasteiger partial charge in [-0.25, -0.2) is 4.79 Å². The molecule has 1 aliphatic rings. The number of ketones is 1. The number of carboxylic acid groups (broad SMARTS) is 1. The molecule has 0 bridgehead atoms. The Morgan fingerprint density at radius 3 is 2.61 bits per heavy atom. The number of hydrogen-bond acceptors (Lipinski definition) is 5. The molecule has 1 aromatic carbocycles. The highest BCUT2D eigenvalue weighted by molar-refractivity contribution is 6.33. The van der Waals surface area contributed by atoms with Gasteiger partial charge in [-0.1, -0.05) is 49.2 Å². The van der Waals surface area contributed by atoms with Crippen LogP contribution in [0, 0.1) is 24.7 Å². The van der Waals surface area contributed by atoms with Gasteiger partial charge >= 0.3 is 5.97 Å². The van der Waals surface area contributed by atoms with E-state index in [0.717, 1.165) is 12.0 Å². The Bertz CT molecular complexity index is 931. The number of phenolic OH excluding ortho intramolecular Hbond substituents is 1. The van der Waals surface area contributed by atoms with Crippen LogP contribution < -0.4 is 4.74 Å². The summed E-state index contributed by atoms with van der Waals surface area (Å²) in [7, 11) is 0. The molecule has 1 aliphatic carbocycles. The number of ether oxygens (including phenoxy) is 1. The number of aliphatic carboxylic acids is 1. The van der Waals surface area contributed by atoms with E-state index in [0.29, 0.717) is 24.2 Å². The quantitative estimate of drug-likeness (QED) is 0.432. The third-order valence-electron chi connectivity index (χ3n) is 6.00. The van der Waals surface area contributed by atoms with Crippen molar-refractivity contribution in [1.82, 2.24) is 0 Å². The van der Waals surface area contributed by atoms with Crippen molar-refractivity contribution in [3.63, 3.8) is 0 Å². The molecule has 0 amide bonds. The Morgan fingerprint density at radius 2 is 2.00 bits per heavy atom. The summed E-state index contributed by atoms with van der Waals surface area (Å²) in [5.74, 6) is -0.540. The van der Waals surface area contributed by atoms with Crippen LogP contribution in [0.3, 0.4) is 0 Å². The zero-order valence-corrected chi connectivity index (χ0v) is 19.0. The standard InChI is InChI=1S/C24H29ClO6/c1-13(5-8-17-14(2)7-10-20(27)15(17)3)6-9-18-23(30)19(11-26)16(4)22(25)24(18)31-12-21(28)29/h5-6,8,11,14-15,17,30H,7,9-10,12H2,1-4H3,(H,28,29)/b8-5+,13-6-. The van der Waals surface area contributed by atoms with E-state index >= 15 is 0 Å². The fourth-order valence-electron chi connectivity index (χ4n) is 3.93. The molecule has 0 spiro atoms. The van der Waals surface area contributed by atoms with E-state index in [1.54, 1.807) is 6.92 Å². The van der Waals surface area contributed by atoms with E-state index in [4.69, 9.17) is 21.4 Å². The highest BCUT2D eigenvalue weighted by atomic mass is 35.5. The molecule has 6 nitrogen and oxygen atoms in total. The fourth-order valence-corrected chi connectivity index (χ4v) is 4.20. The largest absolute Gasteiger partial charge is 0.507 e. The molecule has 7 heteroatoms. The molecule has 0 aromatic heterocycles. The van der Waals surface area contributed by atoms with E-state index < -0.39 is 12.6 Å². The monoisotopic (exact) mass is 448 g/mol. The number of halogens is 1. The minimum absolute atomic E-state index is 0.0149. The first-order valence-corrected chi connectivity index (χ1v) is 10.7. The molecule has 2 rings (SSSR count). The van der Waals surface area contributed by atoms with Gasteiger partial charge in [-0.05, 0) is 44.1 Å². The number of phenols is 1. The normalized spacial score (nSPS) is 22.0. The highest BCUT2D eigenvalue weighted by Crippen LogP contribution is 2.41. The van der Waals surface area contributed by atoms with Crippen LogP contribution in [0.15, 0.2) is 23.8 Å². The van der Waals surface area contributed by atoms with Crippen LogP contribution in [0.1, 0.15) is 55.1 Å². The summed E-state index contributed by atoms with van der Waals surface area (Å²) in [5.41, 5.74) is 1.52. The average Bonchev–Trinajstić information content (AvgIpc) is 2.72. The lowest BCUT2D eigenvalue weighted by Crippen LogP contribution is -2.30. The van der Waals surface area contributed by atoms with E-state index in [2.05, 4.69) is 13.0 Å². The zero-order chi connectivity index (χ0) is 23.3. The van der Waals surface area contributed by atoms with Gasteiger partial charge in [-0.2, -0.15) is 0 Å². The first kappa shape index (κ1) is 24.7. The topological polar surface area (TPSA) is 101 Å². The molecular weight excluding hydrogens is 420 g/mol. The van der Waals surface area contributed by atoms with Gasteiger partial charge in [0.25, 0.3) is 0 Å². The van der Waals surface area contributed by atoms with Crippen molar-refractivity contribution in [3.05, 3.63) is 45.5 Å². The summed E-state index contributed by atoms with van der Waals surface area (Å²) in [6, 6.07) is 0. The molecule has 168 valence electrons. The zero-order valence-electron chi connectivity index (χ0n) is 18.3. The molecule has 31 heavy (non-hydrogen) atoms. The predicted octanol–water partition coefficient (Wildman–Crippen LogP) is 4.93. The van der Waals surface area contributed by atoms with E-state index in [-0.39, 0.29) is 51.7 Å². The molecule has 0 radical (unpaired) electrons. The van der Waals surface area contributed by atoms with Crippen LogP contribution in [0.25, 0.3) is 0 Å². The smallest absolute Gasteiger partial charge is 0.341 e. The van der Waals surface area contributed by atoms with Crippen molar-refractivity contribution in [2.24, 2.45) is 17.8 Å². The number of carbonyl (C=O) groups excluding carboxylic acids is 2.